The quantitative estimate of drug-likeness (QED) is 0.944. The predicted octanol–water partition coefficient (Wildman–Crippen LogP) is 3.23. The van der Waals surface area contributed by atoms with Gasteiger partial charge in [0, 0.05) is 4.47 Å². The number of pyridine rings is 1. The van der Waals surface area contributed by atoms with Gasteiger partial charge in [0.15, 0.2) is 0 Å². The first-order chi connectivity index (χ1) is 8.16. The average molecular weight is 295 g/mol. The van der Waals surface area contributed by atoms with Crippen molar-refractivity contribution in [3.63, 3.8) is 0 Å². The van der Waals surface area contributed by atoms with Crippen LogP contribution in [0.2, 0.25) is 0 Å². The Bertz CT molecular complexity index is 499. The molecule has 2 aromatic rings. The van der Waals surface area contributed by atoms with Crippen molar-refractivity contribution < 1.29 is 4.39 Å². The van der Waals surface area contributed by atoms with E-state index in [0.29, 0.717) is 12.1 Å². The van der Waals surface area contributed by atoms with Gasteiger partial charge in [-0.2, -0.15) is 0 Å². The van der Waals surface area contributed by atoms with Crippen LogP contribution >= 0.6 is 15.9 Å². The van der Waals surface area contributed by atoms with Gasteiger partial charge in [-0.3, -0.25) is 4.98 Å². The van der Waals surface area contributed by atoms with E-state index in [9.17, 15) is 4.39 Å². The Morgan fingerprint density at radius 2 is 2.00 bits per heavy atom. The summed E-state index contributed by atoms with van der Waals surface area (Å²) in [5.74, 6) is -0.346. The van der Waals surface area contributed by atoms with Crippen LogP contribution < -0.4 is 5.73 Å². The Morgan fingerprint density at radius 1 is 1.24 bits per heavy atom. The van der Waals surface area contributed by atoms with E-state index >= 15 is 0 Å². The SMILES string of the molecule is NC(Cc1ccccc1Br)c1ccc(F)cn1. The van der Waals surface area contributed by atoms with Crippen LogP contribution in [0.1, 0.15) is 17.3 Å². The molecule has 4 heteroatoms. The lowest BCUT2D eigenvalue weighted by Crippen LogP contribution is -2.15. The van der Waals surface area contributed by atoms with Crippen LogP contribution in [0.3, 0.4) is 0 Å². The molecule has 2 rings (SSSR count). The van der Waals surface area contributed by atoms with Crippen molar-refractivity contribution in [2.24, 2.45) is 5.73 Å². The molecule has 0 saturated carbocycles. The third kappa shape index (κ3) is 3.11. The summed E-state index contributed by atoms with van der Waals surface area (Å²) in [4.78, 5) is 3.99. The lowest BCUT2D eigenvalue weighted by molar-refractivity contribution is 0.612. The highest BCUT2D eigenvalue weighted by atomic mass is 79.9. The van der Waals surface area contributed by atoms with E-state index in [2.05, 4.69) is 20.9 Å². The van der Waals surface area contributed by atoms with Gasteiger partial charge in [0.1, 0.15) is 5.82 Å². The summed E-state index contributed by atoms with van der Waals surface area (Å²) in [5.41, 5.74) is 7.85. The van der Waals surface area contributed by atoms with E-state index < -0.39 is 0 Å². The van der Waals surface area contributed by atoms with Gasteiger partial charge < -0.3 is 5.73 Å². The van der Waals surface area contributed by atoms with Crippen molar-refractivity contribution in [1.82, 2.24) is 4.98 Å². The summed E-state index contributed by atoms with van der Waals surface area (Å²) in [6.07, 6.45) is 1.86. The molecule has 0 spiro atoms. The second kappa shape index (κ2) is 5.38. The lowest BCUT2D eigenvalue weighted by Gasteiger charge is -2.12. The van der Waals surface area contributed by atoms with Crippen molar-refractivity contribution in [1.29, 1.82) is 0 Å². The molecule has 17 heavy (non-hydrogen) atoms. The van der Waals surface area contributed by atoms with Gasteiger partial charge >= 0.3 is 0 Å². The van der Waals surface area contributed by atoms with E-state index in [1.54, 1.807) is 6.07 Å². The molecule has 0 aliphatic rings. The first kappa shape index (κ1) is 12.2. The molecular formula is C13H12BrFN2. The second-order valence-corrected chi connectivity index (χ2v) is 4.66. The van der Waals surface area contributed by atoms with E-state index in [1.165, 1.54) is 12.3 Å². The number of halogens is 2. The lowest BCUT2D eigenvalue weighted by atomic mass is 10.0. The summed E-state index contributed by atoms with van der Waals surface area (Å²) >= 11 is 3.47. The monoisotopic (exact) mass is 294 g/mol. The van der Waals surface area contributed by atoms with Crippen molar-refractivity contribution in [3.8, 4) is 0 Å². The van der Waals surface area contributed by atoms with Gasteiger partial charge in [0.2, 0.25) is 0 Å². The summed E-state index contributed by atoms with van der Waals surface area (Å²) in [5, 5.41) is 0. The van der Waals surface area contributed by atoms with E-state index in [1.807, 2.05) is 24.3 Å². The molecule has 1 atom stereocenters. The zero-order valence-electron chi connectivity index (χ0n) is 9.11. The highest BCUT2D eigenvalue weighted by Crippen LogP contribution is 2.21. The molecule has 0 aliphatic heterocycles. The van der Waals surface area contributed by atoms with Crippen LogP contribution in [0.4, 0.5) is 4.39 Å². The number of nitrogens with zero attached hydrogens (tertiary/aromatic N) is 1. The normalized spacial score (nSPS) is 12.4. The van der Waals surface area contributed by atoms with Crippen LogP contribution in [0.5, 0.6) is 0 Å². The summed E-state index contributed by atoms with van der Waals surface area (Å²) < 4.78 is 13.8. The molecule has 0 amide bonds. The molecule has 0 radical (unpaired) electrons. The average Bonchev–Trinajstić information content (AvgIpc) is 2.33. The molecule has 0 saturated heterocycles. The standard InChI is InChI=1S/C13H12BrFN2/c14-11-4-2-1-3-9(11)7-12(16)13-6-5-10(15)8-17-13/h1-6,8,12H,7,16H2. The van der Waals surface area contributed by atoms with Crippen LogP contribution in [-0.4, -0.2) is 4.98 Å². The van der Waals surface area contributed by atoms with Gasteiger partial charge in [0.05, 0.1) is 17.9 Å². The third-order valence-corrected chi connectivity index (χ3v) is 3.30. The first-order valence-corrected chi connectivity index (χ1v) is 6.06. The topological polar surface area (TPSA) is 38.9 Å². The number of hydrogen-bond donors (Lipinski definition) is 1. The maximum atomic E-state index is 12.7. The highest BCUT2D eigenvalue weighted by Gasteiger charge is 2.10. The molecular weight excluding hydrogens is 283 g/mol. The minimum Gasteiger partial charge on any atom is -0.322 e. The van der Waals surface area contributed by atoms with Gasteiger partial charge in [-0.05, 0) is 30.2 Å². The number of benzene rings is 1. The fourth-order valence-electron chi connectivity index (χ4n) is 1.61. The molecule has 2 N–H and O–H groups in total. The molecule has 0 bridgehead atoms. The zero-order chi connectivity index (χ0) is 12.3. The van der Waals surface area contributed by atoms with Gasteiger partial charge in [-0.1, -0.05) is 34.1 Å². The summed E-state index contributed by atoms with van der Waals surface area (Å²) in [6.45, 7) is 0. The van der Waals surface area contributed by atoms with Gasteiger partial charge in [-0.15, -0.1) is 0 Å². The maximum Gasteiger partial charge on any atom is 0.141 e. The second-order valence-electron chi connectivity index (χ2n) is 3.80. The largest absolute Gasteiger partial charge is 0.322 e. The number of aromatic nitrogens is 1. The van der Waals surface area contributed by atoms with Crippen molar-refractivity contribution >= 4 is 15.9 Å². The summed E-state index contributed by atoms with van der Waals surface area (Å²) in [7, 11) is 0. The summed E-state index contributed by atoms with van der Waals surface area (Å²) in [6, 6.07) is 10.7. The van der Waals surface area contributed by atoms with Crippen molar-refractivity contribution in [2.75, 3.05) is 0 Å². The Morgan fingerprint density at radius 3 is 2.65 bits per heavy atom. The van der Waals surface area contributed by atoms with Crippen molar-refractivity contribution in [2.45, 2.75) is 12.5 Å². The minimum absolute atomic E-state index is 0.228. The van der Waals surface area contributed by atoms with Crippen LogP contribution in [0.25, 0.3) is 0 Å². The highest BCUT2D eigenvalue weighted by molar-refractivity contribution is 9.10. The molecule has 2 nitrogen and oxygen atoms in total. The fourth-order valence-corrected chi connectivity index (χ4v) is 2.06. The number of nitrogens with two attached hydrogens (primary N) is 1. The molecule has 0 fully saturated rings. The Labute approximate surface area is 108 Å². The Hall–Kier alpha value is -1.26. The first-order valence-electron chi connectivity index (χ1n) is 5.27. The molecule has 1 unspecified atom stereocenters. The van der Waals surface area contributed by atoms with E-state index in [-0.39, 0.29) is 11.9 Å². The molecule has 1 aromatic carbocycles. The minimum atomic E-state index is -0.346. The number of hydrogen-bond acceptors (Lipinski definition) is 2. The van der Waals surface area contributed by atoms with Crippen LogP contribution in [0, 0.1) is 5.82 Å². The molecule has 1 heterocycles. The van der Waals surface area contributed by atoms with E-state index in [4.69, 9.17) is 5.73 Å². The van der Waals surface area contributed by atoms with Gasteiger partial charge in [-0.25, -0.2) is 4.39 Å². The van der Waals surface area contributed by atoms with E-state index in [0.717, 1.165) is 10.0 Å². The zero-order valence-corrected chi connectivity index (χ0v) is 10.7. The molecule has 88 valence electrons. The Balaban J connectivity index is 2.14. The van der Waals surface area contributed by atoms with Crippen molar-refractivity contribution in [3.05, 3.63) is 64.1 Å². The Kier molecular flexibility index (Phi) is 3.86. The predicted molar refractivity (Wildman–Crippen MR) is 69.0 cm³/mol. The molecule has 0 aliphatic carbocycles. The maximum absolute atomic E-state index is 12.7. The smallest absolute Gasteiger partial charge is 0.141 e. The molecule has 1 aromatic heterocycles. The fraction of sp³-hybridized carbons (Fsp3) is 0.154. The van der Waals surface area contributed by atoms with Crippen LogP contribution in [0.15, 0.2) is 47.1 Å². The van der Waals surface area contributed by atoms with Gasteiger partial charge in [0.25, 0.3) is 0 Å². The number of rotatable bonds is 3. The van der Waals surface area contributed by atoms with Crippen LogP contribution in [-0.2, 0) is 6.42 Å². The third-order valence-electron chi connectivity index (χ3n) is 2.53.